The predicted molar refractivity (Wildman–Crippen MR) is 100 cm³/mol. The number of hydrogen-bond donors (Lipinski definition) is 3. The van der Waals surface area contributed by atoms with Crippen LogP contribution in [0.5, 0.6) is 0 Å². The van der Waals surface area contributed by atoms with Crippen molar-refractivity contribution in [2.45, 2.75) is 27.2 Å². The van der Waals surface area contributed by atoms with Crippen molar-refractivity contribution in [2.75, 3.05) is 10.6 Å². The van der Waals surface area contributed by atoms with E-state index < -0.39 is 0 Å². The molecule has 0 saturated heterocycles. The van der Waals surface area contributed by atoms with Crippen LogP contribution in [0, 0.1) is 13.8 Å². The maximum absolute atomic E-state index is 12.5. The molecule has 4 nitrogen and oxygen atoms in total. The molecule has 120 valence electrons. The van der Waals surface area contributed by atoms with Crippen LogP contribution in [0.3, 0.4) is 0 Å². The standard InChI is InChI=1S/C18H21N3OS/c1-4-13-10-15(20-18(19)23)9-12(3)16(13)21-17(22)14-7-5-6-11(2)8-14/h5-10H,4H2,1-3H3,(H,21,22)(H3,19,20,23). The second-order valence-electron chi connectivity index (χ2n) is 5.49. The molecule has 0 bridgehead atoms. The van der Waals surface area contributed by atoms with Gasteiger partial charge < -0.3 is 16.4 Å². The summed E-state index contributed by atoms with van der Waals surface area (Å²) < 4.78 is 0. The molecule has 0 fully saturated rings. The van der Waals surface area contributed by atoms with E-state index in [1.807, 2.05) is 57.2 Å². The number of carbonyl (C=O) groups is 1. The normalized spacial score (nSPS) is 10.2. The molecule has 0 aromatic heterocycles. The lowest BCUT2D eigenvalue weighted by Crippen LogP contribution is -2.19. The fourth-order valence-electron chi connectivity index (χ4n) is 2.50. The predicted octanol–water partition coefficient (Wildman–Crippen LogP) is 3.77. The molecule has 1 amide bonds. The van der Waals surface area contributed by atoms with Gasteiger partial charge in [-0.25, -0.2) is 0 Å². The lowest BCUT2D eigenvalue weighted by Gasteiger charge is -2.16. The van der Waals surface area contributed by atoms with Crippen molar-refractivity contribution in [2.24, 2.45) is 5.73 Å². The molecule has 23 heavy (non-hydrogen) atoms. The number of amides is 1. The monoisotopic (exact) mass is 327 g/mol. The summed E-state index contributed by atoms with van der Waals surface area (Å²) in [4.78, 5) is 12.5. The molecule has 0 heterocycles. The lowest BCUT2D eigenvalue weighted by atomic mass is 10.0. The molecule has 0 spiro atoms. The Morgan fingerprint density at radius 3 is 2.52 bits per heavy atom. The van der Waals surface area contributed by atoms with Crippen molar-refractivity contribution in [3.63, 3.8) is 0 Å². The van der Waals surface area contributed by atoms with Crippen LogP contribution in [0.25, 0.3) is 0 Å². The van der Waals surface area contributed by atoms with Gasteiger partial charge in [-0.3, -0.25) is 4.79 Å². The van der Waals surface area contributed by atoms with Gasteiger partial charge in [0, 0.05) is 16.9 Å². The average molecular weight is 327 g/mol. The average Bonchev–Trinajstić information content (AvgIpc) is 2.48. The van der Waals surface area contributed by atoms with Gasteiger partial charge in [0.05, 0.1) is 0 Å². The third-order valence-corrected chi connectivity index (χ3v) is 3.69. The minimum atomic E-state index is -0.110. The highest BCUT2D eigenvalue weighted by Crippen LogP contribution is 2.27. The summed E-state index contributed by atoms with van der Waals surface area (Å²) in [5, 5.41) is 6.18. The van der Waals surface area contributed by atoms with E-state index in [1.54, 1.807) is 0 Å². The number of hydrogen-bond acceptors (Lipinski definition) is 2. The molecule has 2 rings (SSSR count). The van der Waals surface area contributed by atoms with Gasteiger partial charge in [0.1, 0.15) is 0 Å². The first-order valence-corrected chi connectivity index (χ1v) is 7.89. The van der Waals surface area contributed by atoms with E-state index in [-0.39, 0.29) is 11.0 Å². The van der Waals surface area contributed by atoms with Crippen LogP contribution in [0.1, 0.15) is 34.0 Å². The Balaban J connectivity index is 2.32. The van der Waals surface area contributed by atoms with Gasteiger partial charge >= 0.3 is 0 Å². The number of thiocarbonyl (C=S) groups is 1. The highest BCUT2D eigenvalue weighted by atomic mass is 32.1. The Labute approximate surface area is 142 Å². The van der Waals surface area contributed by atoms with Crippen LogP contribution in [0.4, 0.5) is 11.4 Å². The molecular formula is C18H21N3OS. The summed E-state index contributed by atoms with van der Waals surface area (Å²) in [6, 6.07) is 11.4. The van der Waals surface area contributed by atoms with Gasteiger partial charge in [-0.1, -0.05) is 24.6 Å². The zero-order chi connectivity index (χ0) is 17.0. The summed E-state index contributed by atoms with van der Waals surface area (Å²) in [6.45, 7) is 5.97. The van der Waals surface area contributed by atoms with Gasteiger partial charge in [-0.05, 0) is 67.9 Å². The molecule has 0 radical (unpaired) electrons. The van der Waals surface area contributed by atoms with Gasteiger partial charge in [0.15, 0.2) is 5.11 Å². The number of rotatable bonds is 4. The summed E-state index contributed by atoms with van der Waals surface area (Å²) in [5.41, 5.74) is 10.9. The largest absolute Gasteiger partial charge is 0.376 e. The number of nitrogens with one attached hydrogen (secondary N) is 2. The van der Waals surface area contributed by atoms with Crippen LogP contribution in [0.15, 0.2) is 36.4 Å². The Hall–Kier alpha value is -2.40. The Morgan fingerprint density at radius 2 is 1.91 bits per heavy atom. The van der Waals surface area contributed by atoms with E-state index in [9.17, 15) is 4.79 Å². The molecule has 0 aliphatic rings. The molecule has 2 aromatic carbocycles. The molecule has 0 saturated carbocycles. The SMILES string of the molecule is CCc1cc(NC(N)=S)cc(C)c1NC(=O)c1cccc(C)c1. The first-order valence-electron chi connectivity index (χ1n) is 7.48. The summed E-state index contributed by atoms with van der Waals surface area (Å²) in [5.74, 6) is -0.110. The topological polar surface area (TPSA) is 67.2 Å². The molecule has 5 heteroatoms. The van der Waals surface area contributed by atoms with E-state index in [1.165, 1.54) is 0 Å². The van der Waals surface area contributed by atoms with Crippen LogP contribution in [-0.2, 0) is 6.42 Å². The summed E-state index contributed by atoms with van der Waals surface area (Å²) >= 11 is 4.88. The number of nitrogens with two attached hydrogens (primary N) is 1. The lowest BCUT2D eigenvalue weighted by molar-refractivity contribution is 0.102. The van der Waals surface area contributed by atoms with Crippen molar-refractivity contribution in [3.05, 3.63) is 58.7 Å². The molecule has 0 atom stereocenters. The van der Waals surface area contributed by atoms with Crippen molar-refractivity contribution in [1.82, 2.24) is 0 Å². The van der Waals surface area contributed by atoms with Crippen molar-refractivity contribution in [1.29, 1.82) is 0 Å². The molecule has 0 aliphatic heterocycles. The molecular weight excluding hydrogens is 306 g/mol. The molecule has 4 N–H and O–H groups in total. The fraction of sp³-hybridized carbons (Fsp3) is 0.222. The van der Waals surface area contributed by atoms with E-state index >= 15 is 0 Å². The number of aryl methyl sites for hydroxylation is 3. The number of benzene rings is 2. The third kappa shape index (κ3) is 4.29. The van der Waals surface area contributed by atoms with Crippen LogP contribution < -0.4 is 16.4 Å². The first-order chi connectivity index (χ1) is 10.9. The quantitative estimate of drug-likeness (QED) is 0.748. The smallest absolute Gasteiger partial charge is 0.255 e. The van der Waals surface area contributed by atoms with Crippen molar-refractivity contribution >= 4 is 34.6 Å². The van der Waals surface area contributed by atoms with Crippen LogP contribution in [-0.4, -0.2) is 11.0 Å². The van der Waals surface area contributed by atoms with Gasteiger partial charge in [0.2, 0.25) is 0 Å². The Morgan fingerprint density at radius 1 is 1.17 bits per heavy atom. The zero-order valence-electron chi connectivity index (χ0n) is 13.6. The second-order valence-corrected chi connectivity index (χ2v) is 5.93. The van der Waals surface area contributed by atoms with Gasteiger partial charge in [-0.15, -0.1) is 0 Å². The minimum absolute atomic E-state index is 0.110. The van der Waals surface area contributed by atoms with E-state index in [0.29, 0.717) is 5.56 Å². The molecule has 2 aromatic rings. The van der Waals surface area contributed by atoms with Crippen LogP contribution >= 0.6 is 12.2 Å². The minimum Gasteiger partial charge on any atom is -0.376 e. The number of carbonyl (C=O) groups excluding carboxylic acids is 1. The van der Waals surface area contributed by atoms with E-state index in [0.717, 1.165) is 34.5 Å². The zero-order valence-corrected chi connectivity index (χ0v) is 14.4. The van der Waals surface area contributed by atoms with Crippen LogP contribution in [0.2, 0.25) is 0 Å². The molecule has 0 unspecified atom stereocenters. The molecule has 0 aliphatic carbocycles. The highest BCUT2D eigenvalue weighted by molar-refractivity contribution is 7.80. The maximum Gasteiger partial charge on any atom is 0.255 e. The second kappa shape index (κ2) is 7.24. The fourth-order valence-corrected chi connectivity index (χ4v) is 2.62. The first kappa shape index (κ1) is 17.0. The summed E-state index contributed by atoms with van der Waals surface area (Å²) in [6.07, 6.45) is 0.789. The maximum atomic E-state index is 12.5. The van der Waals surface area contributed by atoms with Crippen molar-refractivity contribution in [3.8, 4) is 0 Å². The summed E-state index contributed by atoms with van der Waals surface area (Å²) in [7, 11) is 0. The number of anilines is 2. The van der Waals surface area contributed by atoms with Gasteiger partial charge in [-0.2, -0.15) is 0 Å². The Bertz CT molecular complexity index is 756. The van der Waals surface area contributed by atoms with Crippen molar-refractivity contribution < 1.29 is 4.79 Å². The van der Waals surface area contributed by atoms with E-state index in [4.69, 9.17) is 18.0 Å². The Kier molecular flexibility index (Phi) is 5.34. The third-order valence-electron chi connectivity index (χ3n) is 3.58. The van der Waals surface area contributed by atoms with Gasteiger partial charge in [0.25, 0.3) is 5.91 Å². The highest BCUT2D eigenvalue weighted by Gasteiger charge is 2.12. The van der Waals surface area contributed by atoms with E-state index in [2.05, 4.69) is 10.6 Å².